The van der Waals surface area contributed by atoms with Crippen molar-refractivity contribution in [2.75, 3.05) is 10.6 Å². The van der Waals surface area contributed by atoms with E-state index in [4.69, 9.17) is 4.74 Å². The van der Waals surface area contributed by atoms with Gasteiger partial charge in [0.2, 0.25) is 11.8 Å². The fraction of sp³-hybridized carbons (Fsp3) is 0.217. The van der Waals surface area contributed by atoms with E-state index < -0.39 is 24.1 Å². The number of hydrogen-bond donors (Lipinski definition) is 2. The molecule has 0 fully saturated rings. The molecule has 6 nitrogen and oxygen atoms in total. The van der Waals surface area contributed by atoms with Gasteiger partial charge in [-0.25, -0.2) is 4.79 Å². The Balaban J connectivity index is 1.64. The number of anilines is 2. The molecule has 2 aromatic carbocycles. The molecule has 0 unspecified atom stereocenters. The van der Waals surface area contributed by atoms with Crippen LogP contribution in [0, 0.1) is 5.95 Å². The standard InChI is InChI=1S/C23H21F4N3O3/c1-22(2,3)16-6-4-5-7-18(16)32-19-13-12-17(20(24)30-19)29-21(31)28-14-8-10-15(11-9-14)33-23(25,26)27/h4-13H,1-3H3,(H2,28,29,31)/i24-1. The van der Waals surface area contributed by atoms with Crippen molar-refractivity contribution in [2.24, 2.45) is 0 Å². The molecule has 0 aliphatic rings. The molecule has 0 aliphatic heterocycles. The van der Waals surface area contributed by atoms with E-state index in [1.807, 2.05) is 32.9 Å². The zero-order valence-electron chi connectivity index (χ0n) is 18.0. The van der Waals surface area contributed by atoms with Crippen LogP contribution in [0.5, 0.6) is 17.4 Å². The average molecular weight is 462 g/mol. The second kappa shape index (κ2) is 9.35. The fourth-order valence-electron chi connectivity index (χ4n) is 2.88. The van der Waals surface area contributed by atoms with Gasteiger partial charge in [0, 0.05) is 17.3 Å². The molecule has 0 atom stereocenters. The Morgan fingerprint density at radius 2 is 1.58 bits per heavy atom. The molecule has 3 aromatic rings. The number of benzene rings is 2. The number of nitrogens with zero attached hydrogens (tertiary/aromatic N) is 1. The number of pyridine rings is 1. The predicted octanol–water partition coefficient (Wildman–Crippen LogP) is 6.85. The highest BCUT2D eigenvalue weighted by atomic mass is 19.4. The van der Waals surface area contributed by atoms with Crippen molar-refractivity contribution in [2.45, 2.75) is 32.5 Å². The second-order valence-corrected chi connectivity index (χ2v) is 7.99. The van der Waals surface area contributed by atoms with Gasteiger partial charge in [-0.1, -0.05) is 39.0 Å². The van der Waals surface area contributed by atoms with Gasteiger partial charge < -0.3 is 20.1 Å². The molecule has 2 N–H and O–H groups in total. The van der Waals surface area contributed by atoms with Gasteiger partial charge in [-0.3, -0.25) is 0 Å². The lowest BCUT2D eigenvalue weighted by Crippen LogP contribution is -2.20. The van der Waals surface area contributed by atoms with E-state index in [0.29, 0.717) is 5.75 Å². The van der Waals surface area contributed by atoms with Crippen LogP contribution < -0.4 is 20.1 Å². The van der Waals surface area contributed by atoms with Crippen LogP contribution in [-0.4, -0.2) is 17.4 Å². The van der Waals surface area contributed by atoms with E-state index in [-0.39, 0.29) is 22.7 Å². The monoisotopic (exact) mass is 462 g/mol. The minimum Gasteiger partial charge on any atom is -0.439 e. The molecule has 10 heteroatoms. The van der Waals surface area contributed by atoms with Crippen molar-refractivity contribution in [3.8, 4) is 17.4 Å². The molecule has 0 spiro atoms. The summed E-state index contributed by atoms with van der Waals surface area (Å²) in [6.07, 6.45) is -4.82. The minimum atomic E-state index is -4.82. The Morgan fingerprint density at radius 1 is 0.909 bits per heavy atom. The Hall–Kier alpha value is -3.82. The van der Waals surface area contributed by atoms with E-state index in [1.54, 1.807) is 12.1 Å². The summed E-state index contributed by atoms with van der Waals surface area (Å²) in [5, 5.41) is 4.66. The van der Waals surface area contributed by atoms with Crippen LogP contribution in [0.15, 0.2) is 60.7 Å². The lowest BCUT2D eigenvalue weighted by molar-refractivity contribution is -0.274. The molecule has 0 bridgehead atoms. The third kappa shape index (κ3) is 6.83. The highest BCUT2D eigenvalue weighted by molar-refractivity contribution is 5.99. The highest BCUT2D eigenvalue weighted by Crippen LogP contribution is 2.34. The SMILES string of the molecule is CC(C)(C)c1ccccc1Oc1ccc(NC(=O)Nc2ccc(OC(F)(F)F)cc2)c([18F])n1. The number of alkyl halides is 3. The average Bonchev–Trinajstić information content (AvgIpc) is 2.70. The lowest BCUT2D eigenvalue weighted by atomic mass is 9.86. The van der Waals surface area contributed by atoms with Crippen molar-refractivity contribution in [3.63, 3.8) is 0 Å². The molecule has 0 radical (unpaired) electrons. The van der Waals surface area contributed by atoms with E-state index in [2.05, 4.69) is 20.4 Å². The van der Waals surface area contributed by atoms with Gasteiger partial charge in [0.15, 0.2) is 0 Å². The summed E-state index contributed by atoms with van der Waals surface area (Å²) in [7, 11) is 0. The quantitative estimate of drug-likeness (QED) is 0.321. The number of urea groups is 1. The van der Waals surface area contributed by atoms with Crippen LogP contribution >= 0.6 is 0 Å². The first-order valence-electron chi connectivity index (χ1n) is 9.78. The molecular weight excluding hydrogens is 441 g/mol. The van der Waals surface area contributed by atoms with E-state index in [9.17, 15) is 22.4 Å². The van der Waals surface area contributed by atoms with Gasteiger partial charge in [0.1, 0.15) is 11.5 Å². The number of ether oxygens (including phenoxy) is 2. The minimum absolute atomic E-state index is 0.00964. The molecule has 0 saturated heterocycles. The van der Waals surface area contributed by atoms with Gasteiger partial charge >= 0.3 is 12.4 Å². The maximum Gasteiger partial charge on any atom is 0.573 e. The lowest BCUT2D eigenvalue weighted by Gasteiger charge is -2.22. The topological polar surface area (TPSA) is 72.5 Å². The van der Waals surface area contributed by atoms with Gasteiger partial charge in [-0.2, -0.15) is 9.37 Å². The van der Waals surface area contributed by atoms with Gasteiger partial charge in [0.05, 0.1) is 5.69 Å². The summed E-state index contributed by atoms with van der Waals surface area (Å²) >= 11 is 0. The largest absolute Gasteiger partial charge is 0.573 e. The van der Waals surface area contributed by atoms with Crippen LogP contribution in [0.2, 0.25) is 0 Å². The number of carbonyl (C=O) groups is 1. The number of halogens is 4. The van der Waals surface area contributed by atoms with Crippen molar-refractivity contribution in [1.82, 2.24) is 4.98 Å². The molecule has 0 aliphatic carbocycles. The number of nitrogens with one attached hydrogen (secondary N) is 2. The predicted molar refractivity (Wildman–Crippen MR) is 115 cm³/mol. The number of para-hydroxylation sites is 1. The van der Waals surface area contributed by atoms with E-state index in [0.717, 1.165) is 17.7 Å². The third-order valence-corrected chi connectivity index (χ3v) is 4.33. The van der Waals surface area contributed by atoms with Gasteiger partial charge in [-0.05, 0) is 41.8 Å². The fourth-order valence-corrected chi connectivity index (χ4v) is 2.88. The third-order valence-electron chi connectivity index (χ3n) is 4.33. The number of hydrogen-bond acceptors (Lipinski definition) is 4. The van der Waals surface area contributed by atoms with Crippen molar-refractivity contribution < 1.29 is 31.8 Å². The summed E-state index contributed by atoms with van der Waals surface area (Å²) < 4.78 is 60.5. The van der Waals surface area contributed by atoms with Crippen LogP contribution in [0.25, 0.3) is 0 Å². The van der Waals surface area contributed by atoms with Crippen LogP contribution in [-0.2, 0) is 5.41 Å². The summed E-state index contributed by atoms with van der Waals surface area (Å²) in [6, 6.07) is 13.7. The zero-order valence-corrected chi connectivity index (χ0v) is 18.0. The Kier molecular flexibility index (Phi) is 6.75. The zero-order chi connectivity index (χ0) is 24.2. The molecule has 3 rings (SSSR count). The summed E-state index contributed by atoms with van der Waals surface area (Å²) in [4.78, 5) is 15.9. The first-order chi connectivity index (χ1) is 15.4. The molecule has 2 amide bonds. The maximum atomic E-state index is 14.4. The normalized spacial score (nSPS) is 11.6. The summed E-state index contributed by atoms with van der Waals surface area (Å²) in [6.45, 7) is 6.06. The first kappa shape index (κ1) is 23.8. The number of aromatic nitrogens is 1. The maximum absolute atomic E-state index is 14.4. The highest BCUT2D eigenvalue weighted by Gasteiger charge is 2.31. The first-order valence-corrected chi connectivity index (χ1v) is 9.78. The van der Waals surface area contributed by atoms with Gasteiger partial charge in [0.25, 0.3) is 0 Å². The van der Waals surface area contributed by atoms with Crippen LogP contribution in [0.4, 0.5) is 33.7 Å². The Labute approximate surface area is 187 Å². The number of rotatable bonds is 5. The van der Waals surface area contributed by atoms with Crippen LogP contribution in [0.1, 0.15) is 26.3 Å². The summed E-state index contributed by atoms with van der Waals surface area (Å²) in [5.41, 5.74) is 0.682. The molecule has 1 heterocycles. The Morgan fingerprint density at radius 3 is 2.18 bits per heavy atom. The molecule has 1 aromatic heterocycles. The molecule has 0 saturated carbocycles. The van der Waals surface area contributed by atoms with Crippen LogP contribution in [0.3, 0.4) is 0 Å². The van der Waals surface area contributed by atoms with E-state index in [1.165, 1.54) is 24.3 Å². The number of carbonyl (C=O) groups excluding carboxylic acids is 1. The smallest absolute Gasteiger partial charge is 0.439 e. The van der Waals surface area contributed by atoms with Crippen molar-refractivity contribution in [3.05, 3.63) is 72.2 Å². The second-order valence-electron chi connectivity index (χ2n) is 7.99. The van der Waals surface area contributed by atoms with E-state index >= 15 is 0 Å². The van der Waals surface area contributed by atoms with Gasteiger partial charge in [-0.15, -0.1) is 13.2 Å². The number of amides is 2. The molecule has 33 heavy (non-hydrogen) atoms. The summed E-state index contributed by atoms with van der Waals surface area (Å²) in [5.74, 6) is -0.860. The van der Waals surface area contributed by atoms with Crippen molar-refractivity contribution in [1.29, 1.82) is 0 Å². The molecule has 174 valence electrons. The molecular formula is C23H21F4N3O3. The van der Waals surface area contributed by atoms with Crippen molar-refractivity contribution >= 4 is 17.4 Å². The Bertz CT molecular complexity index is 1130.